The minimum Gasteiger partial charge on any atom is -0.444 e. The number of amides is 1. The van der Waals surface area contributed by atoms with Crippen molar-refractivity contribution in [2.24, 2.45) is 5.92 Å². The van der Waals surface area contributed by atoms with Gasteiger partial charge in [-0.1, -0.05) is 13.8 Å². The second-order valence-corrected chi connectivity index (χ2v) is 7.56. The third-order valence-corrected chi connectivity index (χ3v) is 4.64. The predicted molar refractivity (Wildman–Crippen MR) is 87.5 cm³/mol. The number of hydrogen-bond acceptors (Lipinski definition) is 3. The molecule has 1 N–H and O–H groups in total. The Kier molecular flexibility index (Phi) is 6.51. The standard InChI is InChI=1S/C17H34N2O2/c1-7-17(6,8-2)18-13-14-9-11-19(12-10-14)15(20)21-16(3,4)5/h14,18H,7-13H2,1-6H3. The Morgan fingerprint density at radius 3 is 2.10 bits per heavy atom. The Bertz CT molecular complexity index is 324. The molecule has 1 amide bonds. The molecule has 21 heavy (non-hydrogen) atoms. The van der Waals surface area contributed by atoms with Crippen LogP contribution in [0.25, 0.3) is 0 Å². The molecule has 0 bridgehead atoms. The minimum atomic E-state index is -0.403. The van der Waals surface area contributed by atoms with Crippen LogP contribution in [0.3, 0.4) is 0 Å². The average molecular weight is 298 g/mol. The normalized spacial score (nSPS) is 17.9. The minimum absolute atomic E-state index is 0.166. The summed E-state index contributed by atoms with van der Waals surface area (Å²) in [5, 5.41) is 3.71. The van der Waals surface area contributed by atoms with E-state index in [-0.39, 0.29) is 11.6 Å². The number of rotatable bonds is 5. The monoisotopic (exact) mass is 298 g/mol. The summed E-state index contributed by atoms with van der Waals surface area (Å²) >= 11 is 0. The maximum atomic E-state index is 12.0. The van der Waals surface area contributed by atoms with Gasteiger partial charge in [0, 0.05) is 18.6 Å². The van der Waals surface area contributed by atoms with Crippen molar-refractivity contribution in [3.8, 4) is 0 Å². The number of ether oxygens (including phenoxy) is 1. The molecule has 1 rings (SSSR count). The first-order chi connectivity index (χ1) is 9.69. The van der Waals surface area contributed by atoms with Gasteiger partial charge in [-0.25, -0.2) is 4.79 Å². The number of hydrogen-bond donors (Lipinski definition) is 1. The summed E-state index contributed by atoms with van der Waals surface area (Å²) in [5.41, 5.74) is -0.151. The first-order valence-corrected chi connectivity index (χ1v) is 8.42. The van der Waals surface area contributed by atoms with Gasteiger partial charge in [0.1, 0.15) is 5.60 Å². The van der Waals surface area contributed by atoms with Gasteiger partial charge in [0.15, 0.2) is 0 Å². The highest BCUT2D eigenvalue weighted by Crippen LogP contribution is 2.21. The highest BCUT2D eigenvalue weighted by Gasteiger charge is 2.28. The van der Waals surface area contributed by atoms with E-state index in [2.05, 4.69) is 26.1 Å². The van der Waals surface area contributed by atoms with Crippen LogP contribution >= 0.6 is 0 Å². The number of carbonyl (C=O) groups excluding carboxylic acids is 1. The lowest BCUT2D eigenvalue weighted by molar-refractivity contribution is 0.0181. The molecule has 1 aliphatic heterocycles. The number of piperidine rings is 1. The van der Waals surface area contributed by atoms with Gasteiger partial charge in [-0.2, -0.15) is 0 Å². The molecular weight excluding hydrogens is 264 g/mol. The molecule has 0 aromatic carbocycles. The van der Waals surface area contributed by atoms with Gasteiger partial charge in [0.05, 0.1) is 0 Å². The smallest absolute Gasteiger partial charge is 0.410 e. The van der Waals surface area contributed by atoms with Gasteiger partial charge >= 0.3 is 6.09 Å². The van der Waals surface area contributed by atoms with E-state index in [1.807, 2.05) is 25.7 Å². The molecule has 1 heterocycles. The van der Waals surface area contributed by atoms with Crippen molar-refractivity contribution in [2.45, 2.75) is 78.4 Å². The second kappa shape index (κ2) is 7.48. The number of nitrogens with zero attached hydrogens (tertiary/aromatic N) is 1. The van der Waals surface area contributed by atoms with Crippen LogP contribution in [0, 0.1) is 5.92 Å². The molecule has 0 aromatic rings. The van der Waals surface area contributed by atoms with E-state index in [9.17, 15) is 4.79 Å². The summed E-state index contributed by atoms with van der Waals surface area (Å²) in [5.74, 6) is 0.668. The van der Waals surface area contributed by atoms with Crippen LogP contribution in [-0.2, 0) is 4.74 Å². The van der Waals surface area contributed by atoms with E-state index < -0.39 is 5.60 Å². The van der Waals surface area contributed by atoms with Crippen molar-refractivity contribution in [1.29, 1.82) is 0 Å². The van der Waals surface area contributed by atoms with Crippen molar-refractivity contribution in [3.05, 3.63) is 0 Å². The summed E-state index contributed by atoms with van der Waals surface area (Å²) in [6, 6.07) is 0. The third kappa shape index (κ3) is 6.25. The molecule has 1 fully saturated rings. The third-order valence-electron chi connectivity index (χ3n) is 4.64. The molecule has 0 spiro atoms. The van der Waals surface area contributed by atoms with Crippen molar-refractivity contribution in [1.82, 2.24) is 10.2 Å². The van der Waals surface area contributed by atoms with E-state index in [0.717, 1.165) is 45.3 Å². The fourth-order valence-electron chi connectivity index (χ4n) is 2.54. The maximum Gasteiger partial charge on any atom is 0.410 e. The molecular formula is C17H34N2O2. The zero-order valence-electron chi connectivity index (χ0n) is 14.8. The number of carbonyl (C=O) groups is 1. The highest BCUT2D eigenvalue weighted by atomic mass is 16.6. The summed E-state index contributed by atoms with van der Waals surface area (Å²) in [6.07, 6.45) is 4.27. The first kappa shape index (κ1) is 18.3. The topological polar surface area (TPSA) is 41.6 Å². The highest BCUT2D eigenvalue weighted by molar-refractivity contribution is 5.68. The number of nitrogens with one attached hydrogen (secondary N) is 1. The molecule has 0 saturated carbocycles. The van der Waals surface area contributed by atoms with Crippen LogP contribution < -0.4 is 5.32 Å². The van der Waals surface area contributed by atoms with Gasteiger partial charge in [-0.05, 0) is 65.8 Å². The van der Waals surface area contributed by atoms with Crippen LogP contribution in [0.2, 0.25) is 0 Å². The quantitative estimate of drug-likeness (QED) is 0.839. The molecule has 1 aliphatic rings. The van der Waals surface area contributed by atoms with E-state index in [1.165, 1.54) is 0 Å². The lowest BCUT2D eigenvalue weighted by Gasteiger charge is -2.36. The first-order valence-electron chi connectivity index (χ1n) is 8.42. The molecule has 0 unspecified atom stereocenters. The van der Waals surface area contributed by atoms with Crippen LogP contribution in [0.1, 0.15) is 67.2 Å². The van der Waals surface area contributed by atoms with Gasteiger partial charge in [-0.3, -0.25) is 0 Å². The molecule has 4 heteroatoms. The van der Waals surface area contributed by atoms with E-state index >= 15 is 0 Å². The Morgan fingerprint density at radius 2 is 1.67 bits per heavy atom. The Hall–Kier alpha value is -0.770. The molecule has 0 aliphatic carbocycles. The zero-order valence-corrected chi connectivity index (χ0v) is 14.8. The van der Waals surface area contributed by atoms with E-state index in [0.29, 0.717) is 5.92 Å². The van der Waals surface area contributed by atoms with Crippen molar-refractivity contribution in [2.75, 3.05) is 19.6 Å². The predicted octanol–water partition coefficient (Wildman–Crippen LogP) is 3.80. The molecule has 0 atom stereocenters. The molecule has 0 aromatic heterocycles. The van der Waals surface area contributed by atoms with Crippen molar-refractivity contribution < 1.29 is 9.53 Å². The Morgan fingerprint density at radius 1 is 1.14 bits per heavy atom. The summed E-state index contributed by atoms with van der Waals surface area (Å²) in [6.45, 7) is 15.2. The van der Waals surface area contributed by atoms with Gasteiger partial charge in [0.25, 0.3) is 0 Å². The molecule has 124 valence electrons. The molecule has 4 nitrogen and oxygen atoms in total. The summed E-state index contributed by atoms with van der Waals surface area (Å²) in [7, 11) is 0. The summed E-state index contributed by atoms with van der Waals surface area (Å²) < 4.78 is 5.43. The maximum absolute atomic E-state index is 12.0. The Balaban J connectivity index is 2.34. The molecule has 1 saturated heterocycles. The van der Waals surface area contributed by atoms with Gasteiger partial charge in [-0.15, -0.1) is 0 Å². The van der Waals surface area contributed by atoms with Crippen LogP contribution in [0.5, 0.6) is 0 Å². The zero-order chi connectivity index (χ0) is 16.1. The Labute approximate surface area is 130 Å². The van der Waals surface area contributed by atoms with Crippen LogP contribution in [0.15, 0.2) is 0 Å². The fraction of sp³-hybridized carbons (Fsp3) is 0.941. The average Bonchev–Trinajstić information content (AvgIpc) is 2.43. The van der Waals surface area contributed by atoms with Crippen LogP contribution in [0.4, 0.5) is 4.79 Å². The summed E-state index contributed by atoms with van der Waals surface area (Å²) in [4.78, 5) is 13.9. The largest absolute Gasteiger partial charge is 0.444 e. The van der Waals surface area contributed by atoms with Gasteiger partial charge < -0.3 is 15.0 Å². The molecule has 0 radical (unpaired) electrons. The fourth-order valence-corrected chi connectivity index (χ4v) is 2.54. The SMILES string of the molecule is CCC(C)(CC)NCC1CCN(C(=O)OC(C)(C)C)CC1. The van der Waals surface area contributed by atoms with Crippen LogP contribution in [-0.4, -0.2) is 41.8 Å². The number of likely N-dealkylation sites (tertiary alicyclic amines) is 1. The lowest BCUT2D eigenvalue weighted by Crippen LogP contribution is -2.47. The lowest BCUT2D eigenvalue weighted by atomic mass is 9.92. The van der Waals surface area contributed by atoms with Crippen molar-refractivity contribution >= 4 is 6.09 Å². The second-order valence-electron chi connectivity index (χ2n) is 7.56. The van der Waals surface area contributed by atoms with Crippen molar-refractivity contribution in [3.63, 3.8) is 0 Å². The van der Waals surface area contributed by atoms with Gasteiger partial charge in [0.2, 0.25) is 0 Å². The van der Waals surface area contributed by atoms with E-state index in [4.69, 9.17) is 4.74 Å². The van der Waals surface area contributed by atoms with E-state index in [1.54, 1.807) is 0 Å².